The number of rotatable bonds is 8. The van der Waals surface area contributed by atoms with E-state index in [1.807, 2.05) is 84.9 Å². The van der Waals surface area contributed by atoms with Crippen molar-refractivity contribution in [2.24, 2.45) is 0 Å². The zero-order valence-electron chi connectivity index (χ0n) is 18.6. The minimum atomic E-state index is -0.432. The molecular formula is C28H24N2O3S. The Labute approximate surface area is 203 Å². The third-order valence-corrected chi connectivity index (χ3v) is 6.35. The Morgan fingerprint density at radius 1 is 0.735 bits per heavy atom. The summed E-state index contributed by atoms with van der Waals surface area (Å²) >= 11 is 1.46. The van der Waals surface area contributed by atoms with Crippen molar-refractivity contribution in [1.29, 1.82) is 0 Å². The molecule has 5 nitrogen and oxygen atoms in total. The maximum Gasteiger partial charge on any atom is 0.255 e. The van der Waals surface area contributed by atoms with E-state index >= 15 is 0 Å². The number of carbonyl (C=O) groups is 2. The van der Waals surface area contributed by atoms with E-state index in [-0.39, 0.29) is 11.8 Å². The van der Waals surface area contributed by atoms with Crippen LogP contribution in [-0.4, -0.2) is 18.9 Å². The fourth-order valence-electron chi connectivity index (χ4n) is 3.35. The summed E-state index contributed by atoms with van der Waals surface area (Å²) in [6, 6.07) is 33.6. The van der Waals surface area contributed by atoms with Gasteiger partial charge in [0, 0.05) is 21.8 Å². The van der Waals surface area contributed by atoms with Crippen LogP contribution >= 0.6 is 11.8 Å². The van der Waals surface area contributed by atoms with E-state index in [9.17, 15) is 9.59 Å². The minimum Gasteiger partial charge on any atom is -0.497 e. The molecule has 4 aromatic rings. The first-order valence-electron chi connectivity index (χ1n) is 10.8. The van der Waals surface area contributed by atoms with Gasteiger partial charge in [-0.3, -0.25) is 9.59 Å². The second-order valence-corrected chi connectivity index (χ2v) is 8.65. The smallest absolute Gasteiger partial charge is 0.255 e. The zero-order valence-corrected chi connectivity index (χ0v) is 19.4. The molecule has 0 radical (unpaired) electrons. The van der Waals surface area contributed by atoms with Crippen LogP contribution in [0.2, 0.25) is 0 Å². The van der Waals surface area contributed by atoms with E-state index in [0.717, 1.165) is 16.1 Å². The third-order valence-electron chi connectivity index (χ3n) is 5.08. The molecule has 34 heavy (non-hydrogen) atoms. The number of ether oxygens (including phenoxy) is 1. The van der Waals surface area contributed by atoms with Crippen molar-refractivity contribution in [2.75, 3.05) is 17.7 Å². The molecule has 2 amide bonds. The van der Waals surface area contributed by atoms with E-state index in [0.29, 0.717) is 17.0 Å². The highest BCUT2D eigenvalue weighted by Crippen LogP contribution is 2.36. The summed E-state index contributed by atoms with van der Waals surface area (Å²) < 4.78 is 5.19. The molecule has 6 heteroatoms. The molecule has 4 aromatic carbocycles. The van der Waals surface area contributed by atoms with Crippen LogP contribution in [0.3, 0.4) is 0 Å². The number of hydrogen-bond acceptors (Lipinski definition) is 4. The fourth-order valence-corrected chi connectivity index (χ4v) is 4.38. The first-order valence-corrected chi connectivity index (χ1v) is 11.6. The summed E-state index contributed by atoms with van der Waals surface area (Å²) in [5.41, 5.74) is 2.85. The fraction of sp³-hybridized carbons (Fsp3) is 0.0714. The number of nitrogens with one attached hydrogen (secondary N) is 2. The number of hydrogen-bond donors (Lipinski definition) is 2. The van der Waals surface area contributed by atoms with Crippen LogP contribution in [-0.2, 0) is 4.79 Å². The van der Waals surface area contributed by atoms with E-state index < -0.39 is 5.25 Å². The second-order valence-electron chi connectivity index (χ2n) is 7.47. The number of amides is 2. The molecule has 170 valence electrons. The van der Waals surface area contributed by atoms with Crippen molar-refractivity contribution < 1.29 is 14.3 Å². The maximum absolute atomic E-state index is 13.1. The molecule has 0 aliphatic carbocycles. The quantitative estimate of drug-likeness (QED) is 0.293. The van der Waals surface area contributed by atoms with Gasteiger partial charge in [0.15, 0.2) is 0 Å². The van der Waals surface area contributed by atoms with Gasteiger partial charge in [0.2, 0.25) is 5.91 Å². The molecule has 0 saturated carbocycles. The maximum atomic E-state index is 13.1. The summed E-state index contributed by atoms with van der Waals surface area (Å²) in [5.74, 6) is 0.307. The van der Waals surface area contributed by atoms with Crippen molar-refractivity contribution in [3.63, 3.8) is 0 Å². The van der Waals surface area contributed by atoms with Crippen LogP contribution in [0.4, 0.5) is 11.4 Å². The topological polar surface area (TPSA) is 67.4 Å². The predicted molar refractivity (Wildman–Crippen MR) is 138 cm³/mol. The lowest BCUT2D eigenvalue weighted by Crippen LogP contribution is -2.19. The number of thioether (sulfide) groups is 1. The van der Waals surface area contributed by atoms with Gasteiger partial charge in [-0.1, -0.05) is 54.6 Å². The average molecular weight is 469 g/mol. The molecule has 0 heterocycles. The monoisotopic (exact) mass is 468 g/mol. The molecule has 0 spiro atoms. The third kappa shape index (κ3) is 6.05. The van der Waals surface area contributed by atoms with Gasteiger partial charge in [0.1, 0.15) is 11.0 Å². The zero-order chi connectivity index (χ0) is 23.8. The Morgan fingerprint density at radius 2 is 1.38 bits per heavy atom. The highest BCUT2D eigenvalue weighted by Gasteiger charge is 2.22. The van der Waals surface area contributed by atoms with Crippen LogP contribution in [0.25, 0.3) is 0 Å². The summed E-state index contributed by atoms with van der Waals surface area (Å²) in [4.78, 5) is 26.6. The molecule has 0 saturated heterocycles. The number of para-hydroxylation sites is 1. The standard InChI is InChI=1S/C28H24N2O3S/c1-33-24-14-8-11-21(19-24)27(31)29-23-15-17-25(18-16-23)34-26(20-9-4-2-5-10-20)28(32)30-22-12-6-3-7-13-22/h2-19,26H,1H3,(H,29,31)(H,30,32). The summed E-state index contributed by atoms with van der Waals surface area (Å²) in [6.45, 7) is 0. The SMILES string of the molecule is COc1cccc(C(=O)Nc2ccc(SC(C(=O)Nc3ccccc3)c3ccccc3)cc2)c1. The minimum absolute atomic E-state index is 0.0993. The van der Waals surface area contributed by atoms with Gasteiger partial charge in [0.05, 0.1) is 7.11 Å². The Morgan fingerprint density at radius 3 is 2.06 bits per heavy atom. The molecule has 2 N–H and O–H groups in total. The highest BCUT2D eigenvalue weighted by atomic mass is 32.2. The van der Waals surface area contributed by atoms with Crippen molar-refractivity contribution in [3.8, 4) is 5.75 Å². The molecule has 0 bridgehead atoms. The molecule has 0 aromatic heterocycles. The van der Waals surface area contributed by atoms with E-state index in [4.69, 9.17) is 4.74 Å². The largest absolute Gasteiger partial charge is 0.497 e. The highest BCUT2D eigenvalue weighted by molar-refractivity contribution is 8.00. The van der Waals surface area contributed by atoms with Crippen LogP contribution in [0, 0.1) is 0 Å². The molecule has 0 aliphatic rings. The van der Waals surface area contributed by atoms with Gasteiger partial charge >= 0.3 is 0 Å². The lowest BCUT2D eigenvalue weighted by atomic mass is 10.1. The van der Waals surface area contributed by atoms with Crippen LogP contribution in [0.5, 0.6) is 5.75 Å². The van der Waals surface area contributed by atoms with Crippen LogP contribution in [0.15, 0.2) is 114 Å². The number of anilines is 2. The number of methoxy groups -OCH3 is 1. The van der Waals surface area contributed by atoms with Crippen LogP contribution in [0.1, 0.15) is 21.2 Å². The number of carbonyl (C=O) groups excluding carboxylic acids is 2. The predicted octanol–water partition coefficient (Wildman–Crippen LogP) is 6.42. The summed E-state index contributed by atoms with van der Waals surface area (Å²) in [5, 5.41) is 5.46. The van der Waals surface area contributed by atoms with E-state index in [2.05, 4.69) is 10.6 Å². The first kappa shape index (κ1) is 23.1. The number of benzene rings is 4. The normalized spacial score (nSPS) is 11.3. The van der Waals surface area contributed by atoms with Crippen LogP contribution < -0.4 is 15.4 Å². The van der Waals surface area contributed by atoms with Crippen molar-refractivity contribution in [3.05, 3.63) is 120 Å². The first-order chi connectivity index (χ1) is 16.6. The van der Waals surface area contributed by atoms with E-state index in [1.165, 1.54) is 11.8 Å². The lowest BCUT2D eigenvalue weighted by Gasteiger charge is -2.17. The molecule has 4 rings (SSSR count). The Kier molecular flexibility index (Phi) is 7.63. The summed E-state index contributed by atoms with van der Waals surface area (Å²) in [6.07, 6.45) is 0. The Hall–Kier alpha value is -4.03. The van der Waals surface area contributed by atoms with Gasteiger partial charge in [-0.25, -0.2) is 0 Å². The second kappa shape index (κ2) is 11.2. The van der Waals surface area contributed by atoms with Crippen molar-refractivity contribution >= 4 is 35.0 Å². The molecule has 0 aliphatic heterocycles. The van der Waals surface area contributed by atoms with Gasteiger partial charge in [0.25, 0.3) is 5.91 Å². The molecule has 1 atom stereocenters. The van der Waals surface area contributed by atoms with Gasteiger partial charge < -0.3 is 15.4 Å². The van der Waals surface area contributed by atoms with E-state index in [1.54, 1.807) is 31.4 Å². The molecular weight excluding hydrogens is 444 g/mol. The van der Waals surface area contributed by atoms with Gasteiger partial charge in [-0.2, -0.15) is 0 Å². The van der Waals surface area contributed by atoms with Gasteiger partial charge in [-0.05, 0) is 60.2 Å². The average Bonchev–Trinajstić information content (AvgIpc) is 2.89. The molecule has 1 unspecified atom stereocenters. The van der Waals surface area contributed by atoms with Crippen molar-refractivity contribution in [1.82, 2.24) is 0 Å². The molecule has 0 fully saturated rings. The van der Waals surface area contributed by atoms with Crippen molar-refractivity contribution in [2.45, 2.75) is 10.1 Å². The van der Waals surface area contributed by atoms with Gasteiger partial charge in [-0.15, -0.1) is 11.8 Å². The summed E-state index contributed by atoms with van der Waals surface area (Å²) in [7, 11) is 1.57. The Balaban J connectivity index is 1.47. The Bertz CT molecular complexity index is 1250. The lowest BCUT2D eigenvalue weighted by molar-refractivity contribution is -0.115.